The van der Waals surface area contributed by atoms with E-state index in [1.54, 1.807) is 6.07 Å². The van der Waals surface area contributed by atoms with Crippen molar-refractivity contribution >= 4 is 11.0 Å². The standard InChI is InChI=1S/C30H48O5/c1-4-6-8-10-12-14-16-18-23-33-25-21-20-22-26-27(25)28(29(32-3)30(31)35-26)34-24-19-17-15-13-11-9-7-5-2/h20-22H,4-19,23-24H2,1-3H3. The van der Waals surface area contributed by atoms with Crippen LogP contribution in [0.1, 0.15) is 117 Å². The van der Waals surface area contributed by atoms with Crippen molar-refractivity contribution < 1.29 is 18.6 Å². The van der Waals surface area contributed by atoms with E-state index in [1.807, 2.05) is 12.1 Å². The molecule has 35 heavy (non-hydrogen) atoms. The van der Waals surface area contributed by atoms with E-state index in [4.69, 9.17) is 18.6 Å². The molecule has 0 amide bonds. The highest BCUT2D eigenvalue weighted by molar-refractivity contribution is 5.91. The number of methoxy groups -OCH3 is 1. The van der Waals surface area contributed by atoms with Crippen molar-refractivity contribution in [3.63, 3.8) is 0 Å². The third kappa shape index (κ3) is 10.5. The summed E-state index contributed by atoms with van der Waals surface area (Å²) in [6.07, 6.45) is 19.8. The number of benzene rings is 1. The predicted molar refractivity (Wildman–Crippen MR) is 145 cm³/mol. The van der Waals surface area contributed by atoms with Crippen molar-refractivity contribution in [3.05, 3.63) is 28.6 Å². The summed E-state index contributed by atoms with van der Waals surface area (Å²) in [4.78, 5) is 12.5. The smallest absolute Gasteiger partial charge is 0.383 e. The summed E-state index contributed by atoms with van der Waals surface area (Å²) in [5.41, 5.74) is -0.0544. The molecule has 2 aromatic rings. The topological polar surface area (TPSA) is 57.9 Å². The Morgan fingerprint density at radius 2 is 1.17 bits per heavy atom. The van der Waals surface area contributed by atoms with Crippen LogP contribution in [0.15, 0.2) is 27.4 Å². The fourth-order valence-electron chi connectivity index (χ4n) is 4.43. The lowest BCUT2D eigenvalue weighted by atomic mass is 10.1. The van der Waals surface area contributed by atoms with Gasteiger partial charge in [0.2, 0.25) is 5.75 Å². The van der Waals surface area contributed by atoms with Gasteiger partial charge in [0.1, 0.15) is 16.7 Å². The molecule has 1 aromatic carbocycles. The van der Waals surface area contributed by atoms with Gasteiger partial charge in [-0.05, 0) is 25.0 Å². The Bertz CT molecular complexity index is 873. The minimum atomic E-state index is -0.522. The molecule has 0 aliphatic rings. The summed E-state index contributed by atoms with van der Waals surface area (Å²) in [6.45, 7) is 5.66. The average Bonchev–Trinajstić information content (AvgIpc) is 2.86. The van der Waals surface area contributed by atoms with Crippen LogP contribution in [0.4, 0.5) is 0 Å². The molecule has 0 aliphatic carbocycles. The monoisotopic (exact) mass is 488 g/mol. The highest BCUT2D eigenvalue weighted by Gasteiger charge is 2.20. The number of rotatable bonds is 21. The molecule has 5 nitrogen and oxygen atoms in total. The number of ether oxygens (including phenoxy) is 3. The molecule has 1 aromatic heterocycles. The van der Waals surface area contributed by atoms with Crippen molar-refractivity contribution in [1.29, 1.82) is 0 Å². The van der Waals surface area contributed by atoms with E-state index in [2.05, 4.69) is 13.8 Å². The normalized spacial score (nSPS) is 11.2. The molecule has 0 bridgehead atoms. The zero-order valence-electron chi connectivity index (χ0n) is 22.5. The molecule has 0 radical (unpaired) electrons. The molecule has 0 saturated carbocycles. The Balaban J connectivity index is 1.92. The summed E-state index contributed by atoms with van der Waals surface area (Å²) < 4.78 is 23.2. The Kier molecular flexibility index (Phi) is 15.1. The predicted octanol–water partition coefficient (Wildman–Crippen LogP) is 8.84. The van der Waals surface area contributed by atoms with Gasteiger partial charge < -0.3 is 18.6 Å². The van der Waals surface area contributed by atoms with Gasteiger partial charge in [0, 0.05) is 0 Å². The molecule has 0 unspecified atom stereocenters. The Morgan fingerprint density at radius 3 is 1.71 bits per heavy atom. The second kappa shape index (κ2) is 18.1. The number of hydrogen-bond acceptors (Lipinski definition) is 5. The molecule has 0 spiro atoms. The summed E-state index contributed by atoms with van der Waals surface area (Å²) in [7, 11) is 1.48. The molecule has 198 valence electrons. The Labute approximate surface area is 212 Å². The molecular weight excluding hydrogens is 440 g/mol. The van der Waals surface area contributed by atoms with Gasteiger partial charge in [-0.25, -0.2) is 4.79 Å². The molecule has 0 saturated heterocycles. The summed E-state index contributed by atoms with van der Waals surface area (Å²) >= 11 is 0. The average molecular weight is 489 g/mol. The van der Waals surface area contributed by atoms with Gasteiger partial charge in [0.05, 0.1) is 20.3 Å². The van der Waals surface area contributed by atoms with E-state index in [1.165, 1.54) is 84.2 Å². The van der Waals surface area contributed by atoms with E-state index < -0.39 is 5.63 Å². The third-order valence-corrected chi connectivity index (χ3v) is 6.51. The maximum Gasteiger partial charge on any atom is 0.383 e. The van der Waals surface area contributed by atoms with Gasteiger partial charge in [-0.2, -0.15) is 0 Å². The Hall–Kier alpha value is -2.17. The number of unbranched alkanes of at least 4 members (excludes halogenated alkanes) is 14. The zero-order valence-corrected chi connectivity index (χ0v) is 22.5. The number of fused-ring (bicyclic) bond motifs is 1. The minimum Gasteiger partial charge on any atom is -0.493 e. The second-order valence-corrected chi connectivity index (χ2v) is 9.53. The third-order valence-electron chi connectivity index (χ3n) is 6.51. The maximum absolute atomic E-state index is 12.5. The zero-order chi connectivity index (χ0) is 25.1. The molecule has 5 heteroatoms. The van der Waals surface area contributed by atoms with Crippen LogP contribution < -0.4 is 19.8 Å². The molecule has 1 heterocycles. The highest BCUT2D eigenvalue weighted by Crippen LogP contribution is 2.39. The quantitative estimate of drug-likeness (QED) is 0.130. The number of hydrogen-bond donors (Lipinski definition) is 0. The van der Waals surface area contributed by atoms with Crippen LogP contribution in [0.5, 0.6) is 17.2 Å². The highest BCUT2D eigenvalue weighted by atomic mass is 16.5. The minimum absolute atomic E-state index is 0.111. The molecule has 0 N–H and O–H groups in total. The van der Waals surface area contributed by atoms with Gasteiger partial charge in [0.15, 0.2) is 5.75 Å². The first kappa shape index (κ1) is 29.1. The molecule has 0 fully saturated rings. The van der Waals surface area contributed by atoms with Crippen LogP contribution in [-0.2, 0) is 0 Å². The van der Waals surface area contributed by atoms with Gasteiger partial charge in [-0.3, -0.25) is 0 Å². The summed E-state index contributed by atoms with van der Waals surface area (Å²) in [6, 6.07) is 5.54. The van der Waals surface area contributed by atoms with E-state index in [-0.39, 0.29) is 5.75 Å². The van der Waals surface area contributed by atoms with E-state index in [0.717, 1.165) is 25.7 Å². The van der Waals surface area contributed by atoms with Gasteiger partial charge in [0.25, 0.3) is 0 Å². The van der Waals surface area contributed by atoms with Crippen LogP contribution in [0, 0.1) is 0 Å². The lowest BCUT2D eigenvalue weighted by molar-refractivity contribution is 0.276. The van der Waals surface area contributed by atoms with Gasteiger partial charge >= 0.3 is 5.63 Å². The molecular formula is C30H48O5. The van der Waals surface area contributed by atoms with Crippen molar-refractivity contribution in [2.45, 2.75) is 117 Å². The van der Waals surface area contributed by atoms with E-state index in [9.17, 15) is 4.79 Å². The molecule has 0 aliphatic heterocycles. The van der Waals surface area contributed by atoms with Crippen molar-refractivity contribution in [1.82, 2.24) is 0 Å². The van der Waals surface area contributed by atoms with Crippen molar-refractivity contribution in [2.75, 3.05) is 20.3 Å². The Morgan fingerprint density at radius 1 is 0.657 bits per heavy atom. The van der Waals surface area contributed by atoms with Crippen LogP contribution in [0.3, 0.4) is 0 Å². The lowest BCUT2D eigenvalue weighted by Gasteiger charge is -2.15. The van der Waals surface area contributed by atoms with E-state index in [0.29, 0.717) is 35.7 Å². The van der Waals surface area contributed by atoms with Crippen molar-refractivity contribution in [3.8, 4) is 17.2 Å². The summed E-state index contributed by atoms with van der Waals surface area (Å²) in [5.74, 6) is 1.23. The first-order valence-corrected chi connectivity index (χ1v) is 14.1. The van der Waals surface area contributed by atoms with Gasteiger partial charge in [-0.15, -0.1) is 0 Å². The lowest BCUT2D eigenvalue weighted by Crippen LogP contribution is -2.09. The SMILES string of the molecule is CCCCCCCCCCOc1cccc2oc(=O)c(OC)c(OCCCCCCCCCC)c12. The maximum atomic E-state index is 12.5. The van der Waals surface area contributed by atoms with Crippen LogP contribution in [-0.4, -0.2) is 20.3 Å². The largest absolute Gasteiger partial charge is 0.493 e. The fraction of sp³-hybridized carbons (Fsp3) is 0.700. The van der Waals surface area contributed by atoms with Gasteiger partial charge in [-0.1, -0.05) is 110 Å². The first-order chi connectivity index (χ1) is 17.2. The second-order valence-electron chi connectivity index (χ2n) is 9.53. The summed E-state index contributed by atoms with van der Waals surface area (Å²) in [5, 5.41) is 0.683. The first-order valence-electron chi connectivity index (χ1n) is 14.1. The van der Waals surface area contributed by atoms with Crippen LogP contribution >= 0.6 is 0 Å². The molecule has 0 atom stereocenters. The van der Waals surface area contributed by atoms with Crippen LogP contribution in [0.25, 0.3) is 11.0 Å². The molecule has 2 rings (SSSR count). The van der Waals surface area contributed by atoms with Crippen LogP contribution in [0.2, 0.25) is 0 Å². The van der Waals surface area contributed by atoms with E-state index >= 15 is 0 Å². The van der Waals surface area contributed by atoms with Crippen molar-refractivity contribution in [2.24, 2.45) is 0 Å². The fourth-order valence-corrected chi connectivity index (χ4v) is 4.43.